The number of nitro groups is 1. The van der Waals surface area contributed by atoms with Crippen molar-refractivity contribution in [3.05, 3.63) is 40.2 Å². The van der Waals surface area contributed by atoms with E-state index in [0.717, 1.165) is 17.2 Å². The van der Waals surface area contributed by atoms with Gasteiger partial charge in [0.1, 0.15) is 0 Å². The number of hydrogen-bond donors (Lipinski definition) is 1. The molecule has 0 fully saturated rings. The molecule has 0 bridgehead atoms. The Morgan fingerprint density at radius 3 is 3.10 bits per heavy atom. The fourth-order valence-corrected chi connectivity index (χ4v) is 2.09. The van der Waals surface area contributed by atoms with Gasteiger partial charge in [-0.25, -0.2) is 0 Å². The summed E-state index contributed by atoms with van der Waals surface area (Å²) in [7, 11) is 0. The summed E-state index contributed by atoms with van der Waals surface area (Å²) in [6.07, 6.45) is 6.86. The highest BCUT2D eigenvalue weighted by Gasteiger charge is 2.05. The predicted molar refractivity (Wildman–Crippen MR) is 81.4 cm³/mol. The SMILES string of the molecule is C#CCNC(C[N+](=O)[O-])=NCCSCc1ccccn1. The zero-order chi connectivity index (χ0) is 14.6. The topological polar surface area (TPSA) is 80.4 Å². The van der Waals surface area contributed by atoms with Gasteiger partial charge >= 0.3 is 0 Å². The third kappa shape index (κ3) is 7.38. The maximum Gasteiger partial charge on any atom is 0.259 e. The van der Waals surface area contributed by atoms with Gasteiger partial charge in [0.05, 0.1) is 18.8 Å². The molecule has 20 heavy (non-hydrogen) atoms. The second-order valence-electron chi connectivity index (χ2n) is 3.75. The molecule has 1 rings (SSSR count). The molecule has 0 saturated carbocycles. The largest absolute Gasteiger partial charge is 0.357 e. The van der Waals surface area contributed by atoms with Crippen molar-refractivity contribution in [2.24, 2.45) is 4.99 Å². The molecule has 6 nitrogen and oxygen atoms in total. The van der Waals surface area contributed by atoms with E-state index in [0.29, 0.717) is 12.4 Å². The van der Waals surface area contributed by atoms with E-state index >= 15 is 0 Å². The monoisotopic (exact) mass is 292 g/mol. The zero-order valence-corrected chi connectivity index (χ0v) is 11.8. The number of amidine groups is 1. The molecule has 0 aliphatic rings. The summed E-state index contributed by atoms with van der Waals surface area (Å²) in [6, 6.07) is 5.78. The molecule has 0 aromatic carbocycles. The van der Waals surface area contributed by atoms with Crippen LogP contribution in [0.1, 0.15) is 5.69 Å². The highest BCUT2D eigenvalue weighted by atomic mass is 32.2. The Morgan fingerprint density at radius 1 is 1.60 bits per heavy atom. The van der Waals surface area contributed by atoms with Crippen molar-refractivity contribution in [2.75, 3.05) is 25.4 Å². The highest BCUT2D eigenvalue weighted by molar-refractivity contribution is 7.98. The first-order valence-electron chi connectivity index (χ1n) is 6.02. The first-order valence-corrected chi connectivity index (χ1v) is 7.18. The van der Waals surface area contributed by atoms with Gasteiger partial charge in [-0.15, -0.1) is 6.42 Å². The van der Waals surface area contributed by atoms with Gasteiger partial charge in [-0.05, 0) is 12.1 Å². The third-order valence-electron chi connectivity index (χ3n) is 2.19. The number of aromatic nitrogens is 1. The van der Waals surface area contributed by atoms with E-state index in [1.807, 2.05) is 18.2 Å². The van der Waals surface area contributed by atoms with Crippen LogP contribution in [0.3, 0.4) is 0 Å². The van der Waals surface area contributed by atoms with Gasteiger partial charge in [0.2, 0.25) is 0 Å². The molecule has 1 aromatic rings. The number of pyridine rings is 1. The zero-order valence-electron chi connectivity index (χ0n) is 11.0. The normalized spacial score (nSPS) is 10.8. The maximum absolute atomic E-state index is 10.5. The standard InChI is InChI=1S/C13H16N4O2S/c1-2-6-15-13(10-17(18)19)16-8-9-20-11-12-5-3-4-7-14-12/h1,3-5,7H,6,8-11H2,(H,15,16). The van der Waals surface area contributed by atoms with Crippen molar-refractivity contribution in [3.8, 4) is 12.3 Å². The number of rotatable bonds is 8. The van der Waals surface area contributed by atoms with Crippen LogP contribution in [0, 0.1) is 22.5 Å². The molecule has 1 heterocycles. The first-order chi connectivity index (χ1) is 9.72. The van der Waals surface area contributed by atoms with E-state index in [9.17, 15) is 10.1 Å². The minimum Gasteiger partial charge on any atom is -0.357 e. The molecule has 0 spiro atoms. The first kappa shape index (κ1) is 16.0. The van der Waals surface area contributed by atoms with Crippen LogP contribution in [0.4, 0.5) is 0 Å². The van der Waals surface area contributed by atoms with Gasteiger partial charge in [-0.3, -0.25) is 20.1 Å². The van der Waals surface area contributed by atoms with Crippen molar-refractivity contribution >= 4 is 17.6 Å². The Kier molecular flexibility index (Phi) is 7.84. The molecule has 0 saturated heterocycles. The van der Waals surface area contributed by atoms with Gasteiger partial charge in [0.25, 0.3) is 6.54 Å². The lowest BCUT2D eigenvalue weighted by Crippen LogP contribution is -2.31. The fourth-order valence-electron chi connectivity index (χ4n) is 1.34. The summed E-state index contributed by atoms with van der Waals surface area (Å²) in [5.41, 5.74) is 1.01. The van der Waals surface area contributed by atoms with Crippen molar-refractivity contribution in [2.45, 2.75) is 5.75 Å². The summed E-state index contributed by atoms with van der Waals surface area (Å²) in [4.78, 5) is 18.4. The van der Waals surface area contributed by atoms with Crippen LogP contribution in [0.5, 0.6) is 0 Å². The van der Waals surface area contributed by atoms with Crippen LogP contribution in [0.2, 0.25) is 0 Å². The third-order valence-corrected chi connectivity index (χ3v) is 3.16. The molecule has 1 aromatic heterocycles. The van der Waals surface area contributed by atoms with Crippen LogP contribution in [0.25, 0.3) is 0 Å². The average molecular weight is 292 g/mol. The molecule has 1 N–H and O–H groups in total. The Labute approximate surface area is 122 Å². The smallest absolute Gasteiger partial charge is 0.259 e. The quantitative estimate of drug-likeness (QED) is 0.194. The molecule has 0 atom stereocenters. The van der Waals surface area contributed by atoms with Crippen molar-refractivity contribution in [1.82, 2.24) is 10.3 Å². The van der Waals surface area contributed by atoms with Gasteiger partial charge in [-0.2, -0.15) is 11.8 Å². The Hall–Kier alpha value is -2.07. The number of aliphatic imine (C=N–C) groups is 1. The average Bonchev–Trinajstić information content (AvgIpc) is 2.44. The number of nitrogens with one attached hydrogen (secondary N) is 1. The minimum atomic E-state index is -0.427. The van der Waals surface area contributed by atoms with Crippen molar-refractivity contribution in [1.29, 1.82) is 0 Å². The van der Waals surface area contributed by atoms with Crippen LogP contribution < -0.4 is 5.32 Å². The number of nitrogens with zero attached hydrogens (tertiary/aromatic N) is 3. The summed E-state index contributed by atoms with van der Waals surface area (Å²) in [6.45, 7) is 0.429. The lowest BCUT2D eigenvalue weighted by Gasteiger charge is -2.03. The second kappa shape index (κ2) is 9.81. The van der Waals surface area contributed by atoms with E-state index in [2.05, 4.69) is 21.2 Å². The molecule has 0 aliphatic heterocycles. The second-order valence-corrected chi connectivity index (χ2v) is 4.86. The molecule has 0 unspecified atom stereocenters. The predicted octanol–water partition coefficient (Wildman–Crippen LogP) is 1.21. The molecule has 0 amide bonds. The highest BCUT2D eigenvalue weighted by Crippen LogP contribution is 2.08. The van der Waals surface area contributed by atoms with E-state index in [4.69, 9.17) is 6.42 Å². The Morgan fingerprint density at radius 2 is 2.45 bits per heavy atom. The van der Waals surface area contributed by atoms with Crippen LogP contribution in [-0.4, -0.2) is 41.1 Å². The molecule has 0 radical (unpaired) electrons. The number of thioether (sulfide) groups is 1. The van der Waals surface area contributed by atoms with Gasteiger partial charge < -0.3 is 5.32 Å². The van der Waals surface area contributed by atoms with E-state index < -0.39 is 4.92 Å². The van der Waals surface area contributed by atoms with Crippen LogP contribution in [0.15, 0.2) is 29.4 Å². The summed E-state index contributed by atoms with van der Waals surface area (Å²) >= 11 is 1.68. The summed E-state index contributed by atoms with van der Waals surface area (Å²) in [5, 5.41) is 13.2. The van der Waals surface area contributed by atoms with E-state index in [-0.39, 0.29) is 13.1 Å². The van der Waals surface area contributed by atoms with Crippen molar-refractivity contribution in [3.63, 3.8) is 0 Å². The van der Waals surface area contributed by atoms with Crippen molar-refractivity contribution < 1.29 is 4.92 Å². The van der Waals surface area contributed by atoms with Gasteiger partial charge in [0.15, 0.2) is 5.84 Å². The summed E-state index contributed by atoms with van der Waals surface area (Å²) in [5.74, 6) is 4.27. The van der Waals surface area contributed by atoms with E-state index in [1.165, 1.54) is 0 Å². The lowest BCUT2D eigenvalue weighted by molar-refractivity contribution is -0.463. The number of hydrogen-bond acceptors (Lipinski definition) is 5. The van der Waals surface area contributed by atoms with Gasteiger partial charge in [-0.1, -0.05) is 12.0 Å². The maximum atomic E-state index is 10.5. The molecule has 7 heteroatoms. The molecule has 106 valence electrons. The molecule has 0 aliphatic carbocycles. The Bertz CT molecular complexity index is 485. The molecular formula is C13H16N4O2S. The number of terminal acetylenes is 1. The minimum absolute atomic E-state index is 0.244. The molecular weight excluding hydrogens is 276 g/mol. The van der Waals surface area contributed by atoms with E-state index in [1.54, 1.807) is 18.0 Å². The Balaban J connectivity index is 2.29. The lowest BCUT2D eigenvalue weighted by atomic mass is 10.4. The van der Waals surface area contributed by atoms with Gasteiger partial charge in [0, 0.05) is 22.6 Å². The van der Waals surface area contributed by atoms with Crippen LogP contribution >= 0.6 is 11.8 Å². The fraction of sp³-hybridized carbons (Fsp3) is 0.385. The summed E-state index contributed by atoms with van der Waals surface area (Å²) < 4.78 is 0. The van der Waals surface area contributed by atoms with Crippen LogP contribution in [-0.2, 0) is 5.75 Å².